The van der Waals surface area contributed by atoms with E-state index in [1.165, 1.54) is 6.20 Å². The van der Waals surface area contributed by atoms with Gasteiger partial charge in [-0.3, -0.25) is 9.78 Å². The van der Waals surface area contributed by atoms with Gasteiger partial charge in [0.05, 0.1) is 22.7 Å². The Kier molecular flexibility index (Phi) is 6.83. The second-order valence-corrected chi connectivity index (χ2v) is 8.59. The monoisotopic (exact) mass is 479 g/mol. The molecule has 10 heteroatoms. The van der Waals surface area contributed by atoms with Crippen LogP contribution in [0.3, 0.4) is 0 Å². The minimum atomic E-state index is -0.797. The van der Waals surface area contributed by atoms with Gasteiger partial charge in [-0.25, -0.2) is 19.9 Å². The number of amides is 1. The molecule has 0 saturated heterocycles. The number of nitrogens with one attached hydrogen (secondary N) is 3. The Morgan fingerprint density at radius 1 is 1.00 bits per heavy atom. The molecule has 0 aliphatic rings. The summed E-state index contributed by atoms with van der Waals surface area (Å²) in [5.41, 5.74) is 3.20. The Balaban J connectivity index is 1.53. The van der Waals surface area contributed by atoms with E-state index in [9.17, 15) is 10.1 Å². The van der Waals surface area contributed by atoms with Crippen LogP contribution in [-0.2, 0) is 5.41 Å². The van der Waals surface area contributed by atoms with Crippen molar-refractivity contribution in [2.75, 3.05) is 23.0 Å². The second-order valence-electron chi connectivity index (χ2n) is 8.59. The fraction of sp³-hybridized carbons (Fsp3) is 0.192. The van der Waals surface area contributed by atoms with Crippen LogP contribution >= 0.6 is 0 Å². The molecule has 4 aromatic rings. The molecule has 1 amide bonds. The number of hydrogen-bond donors (Lipinski definition) is 3. The van der Waals surface area contributed by atoms with Gasteiger partial charge in [-0.15, -0.1) is 0 Å². The Morgan fingerprint density at radius 3 is 2.47 bits per heavy atom. The van der Waals surface area contributed by atoms with Gasteiger partial charge in [-0.05, 0) is 56.7 Å². The molecule has 0 saturated carbocycles. The molecule has 0 bridgehead atoms. The van der Waals surface area contributed by atoms with Gasteiger partial charge in [0.25, 0.3) is 5.91 Å². The molecule has 1 aromatic carbocycles. The standard InChI is InChI=1S/C26H25N9O/c1-16-5-6-19(33-24(36)17-7-9-29-21(11-17)26(2,3)15-27)12-20(16)34-22-8-10-30-23(35-22)18-13-31-25(28-4)32-14-18/h5-14H,1-4H3,(H,33,36)(H,28,31,32)(H,30,34,35). The number of rotatable bonds is 7. The lowest BCUT2D eigenvalue weighted by Gasteiger charge is -2.15. The maximum absolute atomic E-state index is 12.9. The smallest absolute Gasteiger partial charge is 0.255 e. The van der Waals surface area contributed by atoms with Gasteiger partial charge in [-0.2, -0.15) is 5.26 Å². The Morgan fingerprint density at radius 2 is 1.75 bits per heavy atom. The van der Waals surface area contributed by atoms with Gasteiger partial charge in [0.1, 0.15) is 5.82 Å². The van der Waals surface area contributed by atoms with Gasteiger partial charge in [-0.1, -0.05) is 6.07 Å². The van der Waals surface area contributed by atoms with Crippen LogP contribution in [0.15, 0.2) is 61.2 Å². The zero-order chi connectivity index (χ0) is 25.7. The van der Waals surface area contributed by atoms with Crippen molar-refractivity contribution in [3.05, 3.63) is 78.0 Å². The highest BCUT2D eigenvalue weighted by atomic mass is 16.1. The minimum Gasteiger partial charge on any atom is -0.357 e. The molecular weight excluding hydrogens is 454 g/mol. The Bertz CT molecular complexity index is 1440. The van der Waals surface area contributed by atoms with Crippen LogP contribution in [0.5, 0.6) is 0 Å². The molecule has 10 nitrogen and oxygen atoms in total. The highest BCUT2D eigenvalue weighted by Gasteiger charge is 2.22. The normalized spacial score (nSPS) is 10.9. The highest BCUT2D eigenvalue weighted by Crippen LogP contribution is 2.26. The summed E-state index contributed by atoms with van der Waals surface area (Å²) >= 11 is 0. The maximum atomic E-state index is 12.9. The van der Waals surface area contributed by atoms with E-state index in [0.29, 0.717) is 40.1 Å². The van der Waals surface area contributed by atoms with Crippen molar-refractivity contribution in [1.82, 2.24) is 24.9 Å². The number of pyridine rings is 1. The number of aromatic nitrogens is 5. The molecule has 0 fully saturated rings. The van der Waals surface area contributed by atoms with Crippen molar-refractivity contribution >= 4 is 29.0 Å². The molecular formula is C26H25N9O. The number of aryl methyl sites for hydroxylation is 1. The largest absolute Gasteiger partial charge is 0.357 e. The van der Waals surface area contributed by atoms with Crippen LogP contribution in [0.25, 0.3) is 11.4 Å². The summed E-state index contributed by atoms with van der Waals surface area (Å²) in [5, 5.41) is 18.5. The van der Waals surface area contributed by atoms with Crippen molar-refractivity contribution in [3.8, 4) is 17.5 Å². The van der Waals surface area contributed by atoms with E-state index in [0.717, 1.165) is 11.3 Å². The number of hydrogen-bond acceptors (Lipinski definition) is 9. The number of carbonyl (C=O) groups excluding carboxylic acids is 1. The summed E-state index contributed by atoms with van der Waals surface area (Å²) < 4.78 is 0. The first-order valence-corrected chi connectivity index (χ1v) is 11.2. The van der Waals surface area contributed by atoms with E-state index in [1.54, 1.807) is 57.7 Å². The zero-order valence-electron chi connectivity index (χ0n) is 20.4. The lowest BCUT2D eigenvalue weighted by molar-refractivity contribution is 0.102. The summed E-state index contributed by atoms with van der Waals surface area (Å²) in [4.78, 5) is 34.5. The molecule has 0 aliphatic carbocycles. The summed E-state index contributed by atoms with van der Waals surface area (Å²) in [5.74, 6) is 1.29. The van der Waals surface area contributed by atoms with Crippen LogP contribution in [0.4, 0.5) is 23.1 Å². The Labute approximate surface area is 208 Å². The first-order valence-electron chi connectivity index (χ1n) is 11.2. The predicted molar refractivity (Wildman–Crippen MR) is 138 cm³/mol. The van der Waals surface area contributed by atoms with Gasteiger partial charge < -0.3 is 16.0 Å². The molecule has 36 heavy (non-hydrogen) atoms. The lowest BCUT2D eigenvalue weighted by atomic mass is 9.90. The molecule has 0 spiro atoms. The van der Waals surface area contributed by atoms with Crippen LogP contribution in [0.1, 0.15) is 35.5 Å². The van der Waals surface area contributed by atoms with Crippen molar-refractivity contribution in [1.29, 1.82) is 5.26 Å². The molecule has 4 rings (SSSR count). The van der Waals surface area contributed by atoms with E-state index in [4.69, 9.17) is 0 Å². The Hall–Kier alpha value is -4.91. The summed E-state index contributed by atoms with van der Waals surface area (Å²) in [6.45, 7) is 5.48. The van der Waals surface area contributed by atoms with E-state index in [2.05, 4.69) is 46.9 Å². The quantitative estimate of drug-likeness (QED) is 0.350. The van der Waals surface area contributed by atoms with E-state index in [1.807, 2.05) is 25.1 Å². The third kappa shape index (κ3) is 5.42. The molecule has 3 heterocycles. The van der Waals surface area contributed by atoms with Gasteiger partial charge in [0.15, 0.2) is 5.82 Å². The van der Waals surface area contributed by atoms with Crippen LogP contribution < -0.4 is 16.0 Å². The fourth-order valence-electron chi connectivity index (χ4n) is 3.29. The minimum absolute atomic E-state index is 0.295. The fourth-order valence-corrected chi connectivity index (χ4v) is 3.29. The number of benzene rings is 1. The predicted octanol–water partition coefficient (Wildman–Crippen LogP) is 4.48. The number of carbonyl (C=O) groups is 1. The molecule has 0 unspecified atom stereocenters. The molecule has 3 N–H and O–H groups in total. The first kappa shape index (κ1) is 24.2. The van der Waals surface area contributed by atoms with Crippen molar-refractivity contribution in [3.63, 3.8) is 0 Å². The molecule has 0 radical (unpaired) electrons. The SMILES string of the molecule is CNc1ncc(-c2nccc(Nc3cc(NC(=O)c4ccnc(C(C)(C)C#N)c4)ccc3C)n2)cn1. The highest BCUT2D eigenvalue weighted by molar-refractivity contribution is 6.04. The maximum Gasteiger partial charge on any atom is 0.255 e. The number of nitriles is 1. The van der Waals surface area contributed by atoms with Crippen LogP contribution in [-0.4, -0.2) is 37.9 Å². The second kappa shape index (κ2) is 10.1. The molecule has 180 valence electrons. The number of nitrogens with zero attached hydrogens (tertiary/aromatic N) is 6. The average Bonchev–Trinajstić information content (AvgIpc) is 2.91. The van der Waals surface area contributed by atoms with Crippen molar-refractivity contribution in [2.24, 2.45) is 0 Å². The lowest BCUT2D eigenvalue weighted by Crippen LogP contribution is -2.18. The third-order valence-electron chi connectivity index (χ3n) is 5.49. The zero-order valence-corrected chi connectivity index (χ0v) is 20.4. The van der Waals surface area contributed by atoms with E-state index >= 15 is 0 Å². The van der Waals surface area contributed by atoms with Gasteiger partial charge in [0, 0.05) is 48.8 Å². The van der Waals surface area contributed by atoms with Crippen LogP contribution in [0.2, 0.25) is 0 Å². The van der Waals surface area contributed by atoms with E-state index in [-0.39, 0.29) is 5.91 Å². The topological polar surface area (TPSA) is 141 Å². The van der Waals surface area contributed by atoms with Crippen molar-refractivity contribution in [2.45, 2.75) is 26.2 Å². The summed E-state index contributed by atoms with van der Waals surface area (Å²) in [6.07, 6.45) is 6.50. The summed E-state index contributed by atoms with van der Waals surface area (Å²) in [6, 6.07) is 12.8. The molecule has 3 aromatic heterocycles. The molecule has 0 aliphatic heterocycles. The van der Waals surface area contributed by atoms with E-state index < -0.39 is 5.41 Å². The van der Waals surface area contributed by atoms with Gasteiger partial charge >= 0.3 is 0 Å². The van der Waals surface area contributed by atoms with Gasteiger partial charge in [0.2, 0.25) is 5.95 Å². The summed E-state index contributed by atoms with van der Waals surface area (Å²) in [7, 11) is 1.75. The van der Waals surface area contributed by atoms with Crippen molar-refractivity contribution < 1.29 is 4.79 Å². The number of anilines is 4. The first-order chi connectivity index (χ1) is 17.3. The third-order valence-corrected chi connectivity index (χ3v) is 5.49. The molecule has 0 atom stereocenters. The average molecular weight is 480 g/mol. The van der Waals surface area contributed by atoms with Crippen LogP contribution in [0, 0.1) is 18.3 Å².